The molecule has 0 bridgehead atoms. The van der Waals surface area contributed by atoms with Crippen LogP contribution in [-0.4, -0.2) is 36.3 Å². The van der Waals surface area contributed by atoms with Gasteiger partial charge >= 0.3 is 5.63 Å². The first-order valence-corrected chi connectivity index (χ1v) is 8.17. The Morgan fingerprint density at radius 2 is 2.13 bits per heavy atom. The lowest BCUT2D eigenvalue weighted by atomic mass is 10.1. The number of nitrogens with zero attached hydrogens (tertiary/aromatic N) is 1. The zero-order valence-electron chi connectivity index (χ0n) is 13.5. The Bertz CT molecular complexity index is 721. The summed E-state index contributed by atoms with van der Waals surface area (Å²) >= 11 is 0. The van der Waals surface area contributed by atoms with Gasteiger partial charge in [-0.2, -0.15) is 0 Å². The normalized spacial score (nSPS) is 14.6. The van der Waals surface area contributed by atoms with Crippen LogP contribution in [0, 0.1) is 0 Å². The van der Waals surface area contributed by atoms with Gasteiger partial charge in [-0.05, 0) is 49.9 Å². The van der Waals surface area contributed by atoms with Gasteiger partial charge in [-0.25, -0.2) is 4.79 Å². The predicted molar refractivity (Wildman–Crippen MR) is 88.8 cm³/mol. The second-order valence-electron chi connectivity index (χ2n) is 6.09. The summed E-state index contributed by atoms with van der Waals surface area (Å²) in [6, 6.07) is 7.79. The first-order chi connectivity index (χ1) is 11.2. The van der Waals surface area contributed by atoms with Gasteiger partial charge in [0.15, 0.2) is 0 Å². The zero-order valence-corrected chi connectivity index (χ0v) is 13.5. The van der Waals surface area contributed by atoms with E-state index in [1.54, 1.807) is 19.2 Å². The second kappa shape index (κ2) is 7.15. The molecule has 0 amide bonds. The molecule has 1 aliphatic rings. The quantitative estimate of drug-likeness (QED) is 0.599. The molecular formula is C18H23NO4. The number of aliphatic hydroxyl groups excluding tert-OH is 1. The van der Waals surface area contributed by atoms with E-state index in [1.165, 1.54) is 12.8 Å². The van der Waals surface area contributed by atoms with Crippen molar-refractivity contribution in [1.29, 1.82) is 0 Å². The van der Waals surface area contributed by atoms with Gasteiger partial charge in [0.1, 0.15) is 11.3 Å². The van der Waals surface area contributed by atoms with E-state index in [0.717, 1.165) is 36.9 Å². The maximum atomic E-state index is 11.9. The predicted octanol–water partition coefficient (Wildman–Crippen LogP) is 2.54. The van der Waals surface area contributed by atoms with Crippen LogP contribution in [-0.2, 0) is 6.54 Å². The fourth-order valence-corrected chi connectivity index (χ4v) is 2.94. The zero-order chi connectivity index (χ0) is 16.2. The fourth-order valence-electron chi connectivity index (χ4n) is 2.94. The monoisotopic (exact) mass is 317 g/mol. The summed E-state index contributed by atoms with van der Waals surface area (Å²) in [7, 11) is 1.60. The molecule has 1 aromatic heterocycles. The minimum atomic E-state index is -0.327. The van der Waals surface area contributed by atoms with E-state index in [-0.39, 0.29) is 12.2 Å². The third-order valence-electron chi connectivity index (χ3n) is 4.33. The Morgan fingerprint density at radius 1 is 1.30 bits per heavy atom. The average Bonchev–Trinajstić information content (AvgIpc) is 3.38. The van der Waals surface area contributed by atoms with Crippen molar-refractivity contribution in [1.82, 2.24) is 4.90 Å². The molecule has 0 atom stereocenters. The van der Waals surface area contributed by atoms with Gasteiger partial charge in [0.25, 0.3) is 0 Å². The minimum Gasteiger partial charge on any atom is -0.497 e. The number of methoxy groups -OCH3 is 1. The Morgan fingerprint density at radius 3 is 2.83 bits per heavy atom. The van der Waals surface area contributed by atoms with Gasteiger partial charge in [0, 0.05) is 36.7 Å². The van der Waals surface area contributed by atoms with Gasteiger partial charge in [-0.3, -0.25) is 4.90 Å². The van der Waals surface area contributed by atoms with Crippen LogP contribution in [0.1, 0.15) is 31.2 Å². The summed E-state index contributed by atoms with van der Waals surface area (Å²) in [4.78, 5) is 14.3. The Kier molecular flexibility index (Phi) is 4.98. The van der Waals surface area contributed by atoms with Crippen LogP contribution in [0.4, 0.5) is 0 Å². The number of fused-ring (bicyclic) bond motifs is 1. The standard InChI is InChI=1S/C18H23NO4/c1-22-15-6-7-16-13(10-18(21)23-17(16)11-15)12-19(14-4-5-14)8-2-3-9-20/h6-7,10-11,14,20H,2-5,8-9,12H2,1H3. The third-order valence-corrected chi connectivity index (χ3v) is 4.33. The van der Waals surface area contributed by atoms with Crippen LogP contribution in [0.15, 0.2) is 33.5 Å². The molecule has 1 N–H and O–H groups in total. The fraction of sp³-hybridized carbons (Fsp3) is 0.500. The molecule has 5 nitrogen and oxygen atoms in total. The maximum Gasteiger partial charge on any atom is 0.336 e. The highest BCUT2D eigenvalue weighted by molar-refractivity contribution is 5.81. The molecule has 23 heavy (non-hydrogen) atoms. The molecule has 1 aliphatic carbocycles. The van der Waals surface area contributed by atoms with Crippen LogP contribution >= 0.6 is 0 Å². The van der Waals surface area contributed by atoms with Crippen molar-refractivity contribution in [2.45, 2.75) is 38.3 Å². The van der Waals surface area contributed by atoms with Crippen molar-refractivity contribution in [3.8, 4) is 5.75 Å². The summed E-state index contributed by atoms with van der Waals surface area (Å²) in [6.07, 6.45) is 4.22. The first kappa shape index (κ1) is 16.0. The van der Waals surface area contributed by atoms with Crippen molar-refractivity contribution in [3.05, 3.63) is 40.2 Å². The van der Waals surface area contributed by atoms with Crippen LogP contribution in [0.25, 0.3) is 11.0 Å². The van der Waals surface area contributed by atoms with E-state index in [0.29, 0.717) is 17.4 Å². The van der Waals surface area contributed by atoms with E-state index in [2.05, 4.69) is 4.90 Å². The van der Waals surface area contributed by atoms with E-state index in [1.807, 2.05) is 12.1 Å². The number of hydrogen-bond donors (Lipinski definition) is 1. The molecule has 1 aromatic carbocycles. The largest absolute Gasteiger partial charge is 0.497 e. The number of benzene rings is 1. The molecule has 124 valence electrons. The topological polar surface area (TPSA) is 62.9 Å². The summed E-state index contributed by atoms with van der Waals surface area (Å²) < 4.78 is 10.5. The average molecular weight is 317 g/mol. The lowest BCUT2D eigenvalue weighted by Crippen LogP contribution is -2.27. The van der Waals surface area contributed by atoms with Crippen LogP contribution in [0.3, 0.4) is 0 Å². The number of rotatable bonds is 8. The molecule has 1 saturated carbocycles. The SMILES string of the molecule is COc1ccc2c(CN(CCCCO)C3CC3)cc(=O)oc2c1. The van der Waals surface area contributed by atoms with Gasteiger partial charge < -0.3 is 14.3 Å². The second-order valence-corrected chi connectivity index (χ2v) is 6.09. The van der Waals surface area contributed by atoms with Gasteiger partial charge in [0.05, 0.1) is 7.11 Å². The lowest BCUT2D eigenvalue weighted by Gasteiger charge is -2.22. The molecule has 0 spiro atoms. The Balaban J connectivity index is 1.87. The highest BCUT2D eigenvalue weighted by Gasteiger charge is 2.29. The number of ether oxygens (including phenoxy) is 1. The number of aliphatic hydroxyl groups is 1. The van der Waals surface area contributed by atoms with Crippen molar-refractivity contribution < 1.29 is 14.3 Å². The minimum absolute atomic E-state index is 0.232. The molecule has 2 aromatic rings. The van der Waals surface area contributed by atoms with Crippen molar-refractivity contribution in [2.24, 2.45) is 0 Å². The van der Waals surface area contributed by atoms with Gasteiger partial charge in [0.2, 0.25) is 0 Å². The summed E-state index contributed by atoms with van der Waals surface area (Å²) in [6.45, 7) is 1.92. The smallest absolute Gasteiger partial charge is 0.336 e. The van der Waals surface area contributed by atoms with Crippen LogP contribution in [0.2, 0.25) is 0 Å². The molecule has 1 heterocycles. The summed E-state index contributed by atoms with van der Waals surface area (Å²) in [5, 5.41) is 9.92. The molecule has 0 aliphatic heterocycles. The van der Waals surface area contributed by atoms with E-state index < -0.39 is 0 Å². The molecular weight excluding hydrogens is 294 g/mol. The highest BCUT2D eigenvalue weighted by Crippen LogP contribution is 2.30. The van der Waals surface area contributed by atoms with Gasteiger partial charge in [-0.1, -0.05) is 0 Å². The van der Waals surface area contributed by atoms with Crippen molar-refractivity contribution in [2.75, 3.05) is 20.3 Å². The highest BCUT2D eigenvalue weighted by atomic mass is 16.5. The molecule has 0 radical (unpaired) electrons. The molecule has 3 rings (SSSR count). The third kappa shape index (κ3) is 3.92. The van der Waals surface area contributed by atoms with Crippen LogP contribution in [0.5, 0.6) is 5.75 Å². The lowest BCUT2D eigenvalue weighted by molar-refractivity contribution is 0.229. The van der Waals surface area contributed by atoms with Crippen LogP contribution < -0.4 is 10.4 Å². The first-order valence-electron chi connectivity index (χ1n) is 8.17. The Hall–Kier alpha value is -1.85. The molecule has 0 saturated heterocycles. The van der Waals surface area contributed by atoms with E-state index in [4.69, 9.17) is 14.3 Å². The van der Waals surface area contributed by atoms with E-state index in [9.17, 15) is 4.79 Å². The number of unbranched alkanes of at least 4 members (excludes halogenated alkanes) is 1. The van der Waals surface area contributed by atoms with Crippen molar-refractivity contribution >= 4 is 11.0 Å². The molecule has 0 unspecified atom stereocenters. The molecule has 1 fully saturated rings. The summed E-state index contributed by atoms with van der Waals surface area (Å²) in [5.74, 6) is 0.680. The maximum absolute atomic E-state index is 11.9. The number of hydrogen-bond acceptors (Lipinski definition) is 5. The van der Waals surface area contributed by atoms with Crippen molar-refractivity contribution in [3.63, 3.8) is 0 Å². The Labute approximate surface area is 135 Å². The van der Waals surface area contributed by atoms with E-state index >= 15 is 0 Å². The van der Waals surface area contributed by atoms with Gasteiger partial charge in [-0.15, -0.1) is 0 Å². The summed E-state index contributed by atoms with van der Waals surface area (Å²) in [5.41, 5.74) is 1.24. The molecule has 5 heteroatoms.